The molecule has 94 valence electrons. The average Bonchev–Trinajstić information content (AvgIpc) is 2.42. The fraction of sp³-hybridized carbons (Fsp3) is 0.643. The van der Waals surface area contributed by atoms with E-state index in [2.05, 4.69) is 30.9 Å². The van der Waals surface area contributed by atoms with Gasteiger partial charge >= 0.3 is 0 Å². The molecule has 17 heavy (non-hydrogen) atoms. The van der Waals surface area contributed by atoms with Gasteiger partial charge in [0.15, 0.2) is 0 Å². The molecule has 0 aliphatic carbocycles. The Morgan fingerprint density at radius 1 is 1.35 bits per heavy atom. The molecule has 0 bridgehead atoms. The lowest BCUT2D eigenvalue weighted by molar-refractivity contribution is 0.276. The van der Waals surface area contributed by atoms with Crippen LogP contribution in [0.2, 0.25) is 0 Å². The molecule has 0 saturated carbocycles. The monoisotopic (exact) mass is 234 g/mol. The summed E-state index contributed by atoms with van der Waals surface area (Å²) in [5.41, 5.74) is 0.700. The van der Waals surface area contributed by atoms with Gasteiger partial charge in [-0.05, 0) is 31.3 Å². The number of nitroso groups, excluding NO2 is 1. The zero-order valence-electron chi connectivity index (χ0n) is 11.3. The number of allylic oxidation sites excluding steroid dienone is 2. The fourth-order valence-corrected chi connectivity index (χ4v) is 2.03. The van der Waals surface area contributed by atoms with E-state index in [9.17, 15) is 4.91 Å². The van der Waals surface area contributed by atoms with E-state index in [1.54, 1.807) is 0 Å². The first-order chi connectivity index (χ1) is 7.90. The molecule has 0 N–H and O–H groups in total. The Morgan fingerprint density at radius 3 is 2.53 bits per heavy atom. The first-order valence-electron chi connectivity index (χ1n) is 6.13. The van der Waals surface area contributed by atoms with E-state index in [1.165, 1.54) is 0 Å². The number of nitrogens with zero attached hydrogens (tertiary/aromatic N) is 2. The Labute approximate surface area is 104 Å². The lowest BCUT2D eigenvalue weighted by Gasteiger charge is -2.32. The molecule has 1 aliphatic heterocycles. The first kappa shape index (κ1) is 13.8. The van der Waals surface area contributed by atoms with Crippen molar-refractivity contribution >= 4 is 6.21 Å². The highest BCUT2D eigenvalue weighted by Gasteiger charge is 2.37. The highest BCUT2D eigenvalue weighted by molar-refractivity contribution is 5.71. The Bertz CT molecular complexity index is 368. The third-order valence-electron chi connectivity index (χ3n) is 3.64. The molecule has 0 aromatic carbocycles. The van der Waals surface area contributed by atoms with Gasteiger partial charge in [-0.1, -0.05) is 38.1 Å². The predicted molar refractivity (Wildman–Crippen MR) is 73.1 cm³/mol. The van der Waals surface area contributed by atoms with Crippen LogP contribution in [0.25, 0.3) is 0 Å². The van der Waals surface area contributed by atoms with E-state index in [0.717, 1.165) is 5.57 Å². The van der Waals surface area contributed by atoms with E-state index < -0.39 is 0 Å². The molecule has 0 fully saturated rings. The van der Waals surface area contributed by atoms with Crippen molar-refractivity contribution in [3.8, 4) is 0 Å². The molecule has 0 amide bonds. The van der Waals surface area contributed by atoms with E-state index in [0.29, 0.717) is 5.92 Å². The Kier molecular flexibility index (Phi) is 4.38. The molecule has 0 aromatic heterocycles. The summed E-state index contributed by atoms with van der Waals surface area (Å²) < 4.78 is 0. The van der Waals surface area contributed by atoms with E-state index in [4.69, 9.17) is 0 Å². The third-order valence-corrected chi connectivity index (χ3v) is 3.64. The summed E-state index contributed by atoms with van der Waals surface area (Å²) in [5, 5.41) is 3.36. The number of aliphatic imine (C=N–C) groups is 1. The van der Waals surface area contributed by atoms with Crippen LogP contribution in [-0.2, 0) is 0 Å². The van der Waals surface area contributed by atoms with Gasteiger partial charge in [0.05, 0.1) is 0 Å². The van der Waals surface area contributed by atoms with E-state index in [1.807, 2.05) is 38.4 Å². The number of rotatable bonds is 4. The maximum absolute atomic E-state index is 11.2. The van der Waals surface area contributed by atoms with Gasteiger partial charge in [0.1, 0.15) is 6.04 Å². The van der Waals surface area contributed by atoms with Crippen LogP contribution in [0.3, 0.4) is 0 Å². The van der Waals surface area contributed by atoms with Crippen molar-refractivity contribution in [1.29, 1.82) is 0 Å². The second kappa shape index (κ2) is 5.39. The van der Waals surface area contributed by atoms with Gasteiger partial charge < -0.3 is 0 Å². The summed E-state index contributed by atoms with van der Waals surface area (Å²) in [5.74, 6) is 0.653. The van der Waals surface area contributed by atoms with Gasteiger partial charge in [-0.15, -0.1) is 0 Å². The Hall–Kier alpha value is -1.25. The van der Waals surface area contributed by atoms with Crippen LogP contribution in [0, 0.1) is 22.2 Å². The zero-order valence-corrected chi connectivity index (χ0v) is 11.3. The van der Waals surface area contributed by atoms with Gasteiger partial charge in [0.2, 0.25) is 0 Å². The van der Waals surface area contributed by atoms with Crippen molar-refractivity contribution in [2.75, 3.05) is 0 Å². The standard InChI is InChI=1S/C14H22N2O/c1-10(2)12(4)13(16-17)14(5)7-6-11(3)8-15-9-14/h6-10,12-13H,1-5H3. The van der Waals surface area contributed by atoms with Gasteiger partial charge in [0.25, 0.3) is 0 Å². The minimum absolute atomic E-state index is 0.229. The zero-order chi connectivity index (χ0) is 13.1. The largest absolute Gasteiger partial charge is 0.268 e. The molecule has 0 aromatic rings. The van der Waals surface area contributed by atoms with Crippen LogP contribution in [0.15, 0.2) is 34.1 Å². The summed E-state index contributed by atoms with van der Waals surface area (Å²) in [6.45, 7) is 10.3. The molecule has 3 unspecified atom stereocenters. The fourth-order valence-electron chi connectivity index (χ4n) is 2.03. The molecule has 0 radical (unpaired) electrons. The second-order valence-electron chi connectivity index (χ2n) is 5.50. The summed E-state index contributed by atoms with van der Waals surface area (Å²) in [6.07, 6.45) is 7.70. The van der Waals surface area contributed by atoms with Gasteiger partial charge in [-0.2, -0.15) is 4.91 Å². The molecule has 1 heterocycles. The molecule has 0 spiro atoms. The SMILES string of the molecule is CC1=CN=CC(C)(C(N=O)C(C)C(C)C)C=C1. The quantitative estimate of drug-likeness (QED) is 0.679. The average molecular weight is 234 g/mol. The molecular weight excluding hydrogens is 212 g/mol. The maximum atomic E-state index is 11.2. The van der Waals surface area contributed by atoms with E-state index in [-0.39, 0.29) is 17.4 Å². The van der Waals surface area contributed by atoms with Gasteiger partial charge in [-0.3, -0.25) is 4.99 Å². The van der Waals surface area contributed by atoms with Crippen LogP contribution in [0.4, 0.5) is 0 Å². The lowest BCUT2D eigenvalue weighted by atomic mass is 9.74. The lowest BCUT2D eigenvalue weighted by Crippen LogP contribution is -2.37. The van der Waals surface area contributed by atoms with Gasteiger partial charge in [-0.25, -0.2) is 0 Å². The van der Waals surface area contributed by atoms with Crippen molar-refractivity contribution in [1.82, 2.24) is 0 Å². The number of hydrogen-bond donors (Lipinski definition) is 0. The molecule has 0 saturated heterocycles. The summed E-state index contributed by atoms with van der Waals surface area (Å²) in [4.78, 5) is 15.5. The summed E-state index contributed by atoms with van der Waals surface area (Å²) in [7, 11) is 0. The topological polar surface area (TPSA) is 41.8 Å². The maximum Gasteiger partial charge on any atom is 0.108 e. The van der Waals surface area contributed by atoms with Crippen molar-refractivity contribution in [3.63, 3.8) is 0 Å². The molecular formula is C14H22N2O. The third kappa shape index (κ3) is 3.11. The van der Waals surface area contributed by atoms with Crippen molar-refractivity contribution in [3.05, 3.63) is 28.8 Å². The van der Waals surface area contributed by atoms with Crippen molar-refractivity contribution < 1.29 is 0 Å². The predicted octanol–water partition coefficient (Wildman–Crippen LogP) is 3.96. The molecule has 3 atom stereocenters. The van der Waals surface area contributed by atoms with Crippen LogP contribution in [0.5, 0.6) is 0 Å². The highest BCUT2D eigenvalue weighted by atomic mass is 16.3. The van der Waals surface area contributed by atoms with Crippen molar-refractivity contribution in [2.45, 2.75) is 40.7 Å². The smallest absolute Gasteiger partial charge is 0.108 e. The van der Waals surface area contributed by atoms with Gasteiger partial charge in [0, 0.05) is 17.8 Å². The van der Waals surface area contributed by atoms with Crippen LogP contribution >= 0.6 is 0 Å². The summed E-state index contributed by atoms with van der Waals surface area (Å²) in [6, 6.07) is -0.276. The highest BCUT2D eigenvalue weighted by Crippen LogP contribution is 2.34. The minimum atomic E-state index is -0.389. The Morgan fingerprint density at radius 2 is 2.00 bits per heavy atom. The second-order valence-corrected chi connectivity index (χ2v) is 5.50. The van der Waals surface area contributed by atoms with E-state index >= 15 is 0 Å². The minimum Gasteiger partial charge on any atom is -0.268 e. The van der Waals surface area contributed by atoms with Crippen LogP contribution in [0.1, 0.15) is 34.6 Å². The van der Waals surface area contributed by atoms with Crippen molar-refractivity contribution in [2.24, 2.45) is 27.4 Å². The number of hydrogen-bond acceptors (Lipinski definition) is 3. The normalized spacial score (nSPS) is 27.5. The molecule has 1 aliphatic rings. The summed E-state index contributed by atoms with van der Waals surface area (Å²) >= 11 is 0. The molecule has 3 nitrogen and oxygen atoms in total. The molecule has 3 heteroatoms. The van der Waals surface area contributed by atoms with Crippen LogP contribution < -0.4 is 0 Å². The first-order valence-corrected chi connectivity index (χ1v) is 6.13. The van der Waals surface area contributed by atoms with Crippen LogP contribution in [-0.4, -0.2) is 12.3 Å². The molecule has 1 rings (SSSR count). The Balaban J connectivity index is 3.03.